The minimum atomic E-state index is -0.258. The van der Waals surface area contributed by atoms with E-state index in [1.807, 2.05) is 30.3 Å². The average Bonchev–Trinajstić information content (AvgIpc) is 3.12. The highest BCUT2D eigenvalue weighted by Crippen LogP contribution is 2.29. The molecule has 1 aromatic heterocycles. The topological polar surface area (TPSA) is 129 Å². The van der Waals surface area contributed by atoms with Crippen LogP contribution in [-0.2, 0) is 4.79 Å². The molecule has 0 fully saturated rings. The number of rotatable bonds is 9. The van der Waals surface area contributed by atoms with E-state index >= 15 is 0 Å². The number of nitrogen functional groups attached to an aromatic ring is 1. The van der Waals surface area contributed by atoms with Crippen molar-refractivity contribution in [3.63, 3.8) is 0 Å². The maximum atomic E-state index is 12.3. The summed E-state index contributed by atoms with van der Waals surface area (Å²) in [4.78, 5) is 12.3. The van der Waals surface area contributed by atoms with Crippen LogP contribution in [0.5, 0.6) is 11.5 Å². The predicted molar refractivity (Wildman–Crippen MR) is 117 cm³/mol. The summed E-state index contributed by atoms with van der Waals surface area (Å²) >= 11 is 1.14. The van der Waals surface area contributed by atoms with Crippen LogP contribution in [0.3, 0.4) is 0 Å². The van der Waals surface area contributed by atoms with Crippen molar-refractivity contribution >= 4 is 35.5 Å². The Bertz CT molecular complexity index is 1020. The molecule has 0 unspecified atom stereocenters. The van der Waals surface area contributed by atoms with Crippen LogP contribution < -0.4 is 26.1 Å². The van der Waals surface area contributed by atoms with E-state index in [0.29, 0.717) is 22.3 Å². The maximum Gasteiger partial charge on any atom is 0.264 e. The third-order valence-electron chi connectivity index (χ3n) is 3.86. The van der Waals surface area contributed by atoms with E-state index < -0.39 is 0 Å². The maximum absolute atomic E-state index is 12.3. The van der Waals surface area contributed by atoms with Crippen molar-refractivity contribution < 1.29 is 14.3 Å². The van der Waals surface area contributed by atoms with Gasteiger partial charge in [0.15, 0.2) is 0 Å². The standard InChI is InChI=1S/C19H21N7O3S/c1-28-14-8-9-16(29-2)15(10-14)22-17(27)12-30-19-25-24-18(26(19)20)23-21-11-13-6-4-3-5-7-13/h3-11H,12,20H2,1-2H3,(H,22,27)(H,23,24)/b21-11+. The first-order valence-electron chi connectivity index (χ1n) is 8.80. The van der Waals surface area contributed by atoms with E-state index in [4.69, 9.17) is 15.3 Å². The van der Waals surface area contributed by atoms with Gasteiger partial charge in [-0.25, -0.2) is 10.1 Å². The van der Waals surface area contributed by atoms with Gasteiger partial charge in [0.05, 0.1) is 31.9 Å². The van der Waals surface area contributed by atoms with Gasteiger partial charge in [0.1, 0.15) is 11.5 Å². The summed E-state index contributed by atoms with van der Waals surface area (Å²) in [6.07, 6.45) is 1.64. The lowest BCUT2D eigenvalue weighted by Crippen LogP contribution is -2.17. The highest BCUT2D eigenvalue weighted by atomic mass is 32.2. The SMILES string of the molecule is COc1ccc(OC)c(NC(=O)CSc2nnc(N/N=C/c3ccccc3)n2N)c1. The fourth-order valence-electron chi connectivity index (χ4n) is 2.38. The normalized spacial score (nSPS) is 10.7. The number of amides is 1. The number of hydrogen-bond acceptors (Lipinski definition) is 9. The number of aromatic nitrogens is 3. The van der Waals surface area contributed by atoms with Crippen LogP contribution in [-0.4, -0.2) is 47.0 Å². The lowest BCUT2D eigenvalue weighted by molar-refractivity contribution is -0.113. The van der Waals surface area contributed by atoms with Gasteiger partial charge in [-0.05, 0) is 17.7 Å². The zero-order valence-corrected chi connectivity index (χ0v) is 17.2. The molecule has 11 heteroatoms. The molecule has 0 aliphatic heterocycles. The number of ether oxygens (including phenoxy) is 2. The summed E-state index contributed by atoms with van der Waals surface area (Å²) < 4.78 is 11.7. The number of thioether (sulfide) groups is 1. The highest BCUT2D eigenvalue weighted by Gasteiger charge is 2.14. The summed E-state index contributed by atoms with van der Waals surface area (Å²) in [5, 5.41) is 15.1. The quantitative estimate of drug-likeness (QED) is 0.205. The van der Waals surface area contributed by atoms with Crippen molar-refractivity contribution in [2.24, 2.45) is 5.10 Å². The van der Waals surface area contributed by atoms with Crippen molar-refractivity contribution in [3.8, 4) is 11.5 Å². The molecule has 1 amide bonds. The summed E-state index contributed by atoms with van der Waals surface area (Å²) in [5.74, 6) is 7.17. The number of carbonyl (C=O) groups excluding carboxylic acids is 1. The van der Waals surface area contributed by atoms with Gasteiger partial charge in [-0.1, -0.05) is 42.1 Å². The first-order valence-corrected chi connectivity index (χ1v) is 9.78. The van der Waals surface area contributed by atoms with Gasteiger partial charge in [-0.15, -0.1) is 10.2 Å². The fourth-order valence-corrected chi connectivity index (χ4v) is 3.04. The number of carbonyl (C=O) groups is 1. The van der Waals surface area contributed by atoms with Crippen molar-refractivity contribution in [2.75, 3.05) is 36.6 Å². The summed E-state index contributed by atoms with van der Waals surface area (Å²) in [5.41, 5.74) is 4.16. The number of hydrogen-bond donors (Lipinski definition) is 3. The smallest absolute Gasteiger partial charge is 0.264 e. The molecule has 0 radical (unpaired) electrons. The Morgan fingerprint density at radius 1 is 1.20 bits per heavy atom. The number of nitrogens with two attached hydrogens (primary N) is 1. The van der Waals surface area contributed by atoms with Crippen LogP contribution in [0.25, 0.3) is 0 Å². The zero-order chi connectivity index (χ0) is 21.3. The fraction of sp³-hybridized carbons (Fsp3) is 0.158. The lowest BCUT2D eigenvalue weighted by atomic mass is 10.2. The van der Waals surface area contributed by atoms with E-state index in [2.05, 4.69) is 26.0 Å². The molecule has 156 valence electrons. The first kappa shape index (κ1) is 21.0. The number of nitrogens with zero attached hydrogens (tertiary/aromatic N) is 4. The summed E-state index contributed by atoms with van der Waals surface area (Å²) in [7, 11) is 3.07. The van der Waals surface area contributed by atoms with Crippen LogP contribution in [0.4, 0.5) is 11.6 Å². The Labute approximate surface area is 177 Å². The van der Waals surface area contributed by atoms with E-state index in [-0.39, 0.29) is 17.6 Å². The molecule has 0 saturated heterocycles. The molecule has 0 aliphatic rings. The van der Waals surface area contributed by atoms with E-state index in [9.17, 15) is 4.79 Å². The molecule has 0 saturated carbocycles. The Hall–Kier alpha value is -3.73. The van der Waals surface area contributed by atoms with Gasteiger partial charge < -0.3 is 20.6 Å². The Balaban J connectivity index is 1.56. The second kappa shape index (κ2) is 10.2. The number of nitrogens with one attached hydrogen (secondary N) is 2. The van der Waals surface area contributed by atoms with E-state index in [1.165, 1.54) is 11.8 Å². The minimum Gasteiger partial charge on any atom is -0.497 e. The summed E-state index contributed by atoms with van der Waals surface area (Å²) in [6.45, 7) is 0. The molecular weight excluding hydrogens is 406 g/mol. The molecule has 3 aromatic rings. The average molecular weight is 427 g/mol. The second-order valence-electron chi connectivity index (χ2n) is 5.86. The number of benzene rings is 2. The van der Waals surface area contributed by atoms with Crippen LogP contribution >= 0.6 is 11.8 Å². The third kappa shape index (κ3) is 5.41. The molecular formula is C19H21N7O3S. The Morgan fingerprint density at radius 3 is 2.73 bits per heavy atom. The lowest BCUT2D eigenvalue weighted by Gasteiger charge is -2.11. The Morgan fingerprint density at radius 2 is 2.00 bits per heavy atom. The monoisotopic (exact) mass is 427 g/mol. The van der Waals surface area contributed by atoms with Gasteiger partial charge in [0.2, 0.25) is 11.1 Å². The zero-order valence-electron chi connectivity index (χ0n) is 16.4. The largest absolute Gasteiger partial charge is 0.497 e. The third-order valence-corrected chi connectivity index (χ3v) is 4.80. The first-order chi connectivity index (χ1) is 14.6. The van der Waals surface area contributed by atoms with Crippen molar-refractivity contribution in [1.29, 1.82) is 0 Å². The van der Waals surface area contributed by atoms with E-state index in [0.717, 1.165) is 17.3 Å². The molecule has 0 bridgehead atoms. The van der Waals surface area contributed by atoms with Crippen molar-refractivity contribution in [3.05, 3.63) is 54.1 Å². The van der Waals surface area contributed by atoms with Crippen molar-refractivity contribution in [1.82, 2.24) is 14.9 Å². The minimum absolute atomic E-state index is 0.0724. The molecule has 0 spiro atoms. The van der Waals surface area contributed by atoms with Crippen LogP contribution in [0.1, 0.15) is 5.56 Å². The molecule has 0 atom stereocenters. The molecule has 2 aromatic carbocycles. The Kier molecular flexibility index (Phi) is 7.11. The molecule has 4 N–H and O–H groups in total. The molecule has 3 rings (SSSR count). The van der Waals surface area contributed by atoms with Gasteiger partial charge in [-0.3, -0.25) is 4.79 Å². The van der Waals surface area contributed by atoms with Gasteiger partial charge in [0.25, 0.3) is 5.95 Å². The van der Waals surface area contributed by atoms with Gasteiger partial charge in [0, 0.05) is 6.07 Å². The molecule has 30 heavy (non-hydrogen) atoms. The highest BCUT2D eigenvalue weighted by molar-refractivity contribution is 7.99. The van der Waals surface area contributed by atoms with Gasteiger partial charge >= 0.3 is 0 Å². The molecule has 0 aliphatic carbocycles. The van der Waals surface area contributed by atoms with Crippen LogP contribution in [0, 0.1) is 0 Å². The summed E-state index contributed by atoms with van der Waals surface area (Å²) in [6, 6.07) is 14.7. The number of anilines is 2. The van der Waals surface area contributed by atoms with Gasteiger partial charge in [-0.2, -0.15) is 5.10 Å². The molecule has 10 nitrogen and oxygen atoms in total. The van der Waals surface area contributed by atoms with Crippen LogP contribution in [0.15, 0.2) is 58.8 Å². The predicted octanol–water partition coefficient (Wildman–Crippen LogP) is 2.19. The number of methoxy groups -OCH3 is 2. The van der Waals surface area contributed by atoms with E-state index in [1.54, 1.807) is 31.5 Å². The van der Waals surface area contributed by atoms with Crippen molar-refractivity contribution in [2.45, 2.75) is 5.16 Å². The number of hydrazone groups is 1. The van der Waals surface area contributed by atoms with Crippen LogP contribution in [0.2, 0.25) is 0 Å². The molecule has 1 heterocycles. The second-order valence-corrected chi connectivity index (χ2v) is 6.80.